The quantitative estimate of drug-likeness (QED) is 0.486. The first-order valence-electron chi connectivity index (χ1n) is 5.91. The van der Waals surface area contributed by atoms with Crippen LogP contribution in [0.1, 0.15) is 0 Å². The fourth-order valence-corrected chi connectivity index (χ4v) is 2.20. The second kappa shape index (κ2) is 5.12. The Morgan fingerprint density at radius 1 is 1.10 bits per heavy atom. The summed E-state index contributed by atoms with van der Waals surface area (Å²) in [4.78, 5) is 23.3. The van der Waals surface area contributed by atoms with Gasteiger partial charge in [0, 0.05) is 38.3 Å². The first kappa shape index (κ1) is 13.7. The van der Waals surface area contributed by atoms with Crippen molar-refractivity contribution in [2.45, 2.75) is 0 Å². The van der Waals surface area contributed by atoms with Crippen LogP contribution in [0.4, 0.5) is 17.1 Å². The van der Waals surface area contributed by atoms with E-state index in [0.29, 0.717) is 16.5 Å². The number of non-ortho nitro benzene ring substituents is 1. The first-order chi connectivity index (χ1) is 9.47. The number of nitrogens with zero attached hydrogens (tertiary/aromatic N) is 4. The summed E-state index contributed by atoms with van der Waals surface area (Å²) in [6.07, 6.45) is 0. The highest BCUT2D eigenvalue weighted by molar-refractivity contribution is 6.07. The molecule has 0 atom stereocenters. The van der Waals surface area contributed by atoms with Gasteiger partial charge in [0.15, 0.2) is 0 Å². The van der Waals surface area contributed by atoms with Crippen LogP contribution in [-0.2, 0) is 0 Å². The zero-order valence-electron chi connectivity index (χ0n) is 11.4. The average Bonchev–Trinajstić information content (AvgIpc) is 2.44. The van der Waals surface area contributed by atoms with Gasteiger partial charge in [0.2, 0.25) is 0 Å². The number of hydrogen-bond acceptors (Lipinski definition) is 5. The van der Waals surface area contributed by atoms with E-state index in [4.69, 9.17) is 0 Å². The number of fused-ring (bicyclic) bond motifs is 1. The van der Waals surface area contributed by atoms with Crippen LogP contribution < -0.4 is 9.91 Å². The number of nitro groups is 1. The third-order valence-corrected chi connectivity index (χ3v) is 3.12. The number of benzene rings is 2. The molecule has 2 rings (SSSR count). The molecular formula is C13H14N4O3. The second-order valence-corrected chi connectivity index (χ2v) is 4.56. The Kier molecular flexibility index (Phi) is 3.51. The van der Waals surface area contributed by atoms with Gasteiger partial charge >= 0.3 is 0 Å². The average molecular weight is 274 g/mol. The van der Waals surface area contributed by atoms with Crippen LogP contribution in [0.25, 0.3) is 10.8 Å². The molecule has 0 aliphatic heterocycles. The van der Waals surface area contributed by atoms with Gasteiger partial charge in [-0.1, -0.05) is 6.07 Å². The molecule has 0 amide bonds. The van der Waals surface area contributed by atoms with Crippen molar-refractivity contribution in [2.75, 3.05) is 31.1 Å². The molecule has 7 heteroatoms. The molecule has 104 valence electrons. The van der Waals surface area contributed by atoms with Gasteiger partial charge in [0.1, 0.15) is 0 Å². The molecule has 0 heterocycles. The van der Waals surface area contributed by atoms with Crippen molar-refractivity contribution < 1.29 is 4.92 Å². The molecule has 0 saturated carbocycles. The van der Waals surface area contributed by atoms with Crippen LogP contribution in [0.3, 0.4) is 0 Å². The summed E-state index contributed by atoms with van der Waals surface area (Å²) in [6.45, 7) is 0. The molecule has 0 spiro atoms. The van der Waals surface area contributed by atoms with Crippen molar-refractivity contribution in [3.8, 4) is 0 Å². The summed E-state index contributed by atoms with van der Waals surface area (Å²) in [6, 6.07) is 8.19. The molecule has 0 N–H and O–H groups in total. The smallest absolute Gasteiger partial charge is 0.277 e. The summed E-state index contributed by atoms with van der Waals surface area (Å²) in [7, 11) is 5.19. The zero-order valence-corrected chi connectivity index (χ0v) is 11.4. The summed E-state index contributed by atoms with van der Waals surface area (Å²) in [5.41, 5.74) is 1.33. The van der Waals surface area contributed by atoms with Gasteiger partial charge in [-0.3, -0.25) is 10.1 Å². The van der Waals surface area contributed by atoms with E-state index >= 15 is 0 Å². The zero-order chi connectivity index (χ0) is 14.9. The largest absolute Gasteiger partial charge is 0.377 e. The maximum absolute atomic E-state index is 11.1. The highest BCUT2D eigenvalue weighted by Crippen LogP contribution is 2.38. The Balaban J connectivity index is 2.92. The Morgan fingerprint density at radius 3 is 2.35 bits per heavy atom. The molecule has 20 heavy (non-hydrogen) atoms. The van der Waals surface area contributed by atoms with Crippen molar-refractivity contribution in [2.24, 2.45) is 5.29 Å². The van der Waals surface area contributed by atoms with Crippen LogP contribution >= 0.6 is 0 Å². The molecule has 0 aliphatic carbocycles. The Labute approximate surface area is 115 Å². The highest BCUT2D eigenvalue weighted by Gasteiger charge is 2.19. The lowest BCUT2D eigenvalue weighted by molar-refractivity contribution is -0.383. The topological polar surface area (TPSA) is 79.0 Å². The summed E-state index contributed by atoms with van der Waals surface area (Å²) >= 11 is 0. The van der Waals surface area contributed by atoms with Gasteiger partial charge in [-0.2, -0.15) is 0 Å². The molecule has 0 saturated heterocycles. The van der Waals surface area contributed by atoms with Gasteiger partial charge in [0.05, 0.1) is 21.3 Å². The van der Waals surface area contributed by atoms with E-state index in [1.54, 1.807) is 24.3 Å². The van der Waals surface area contributed by atoms with E-state index in [9.17, 15) is 15.0 Å². The third kappa shape index (κ3) is 2.13. The molecule has 0 aliphatic rings. The van der Waals surface area contributed by atoms with E-state index in [1.165, 1.54) is 18.1 Å². The molecule has 7 nitrogen and oxygen atoms in total. The Hall–Kier alpha value is -2.70. The van der Waals surface area contributed by atoms with Crippen LogP contribution in [0.5, 0.6) is 0 Å². The van der Waals surface area contributed by atoms with Gasteiger partial charge in [-0.05, 0) is 18.2 Å². The van der Waals surface area contributed by atoms with E-state index in [1.807, 2.05) is 19.0 Å². The van der Waals surface area contributed by atoms with Crippen molar-refractivity contribution >= 4 is 27.8 Å². The van der Waals surface area contributed by atoms with Crippen molar-refractivity contribution in [3.05, 3.63) is 45.4 Å². The Morgan fingerprint density at radius 2 is 1.80 bits per heavy atom. The lowest BCUT2D eigenvalue weighted by Crippen LogP contribution is -2.13. The number of rotatable bonds is 4. The lowest BCUT2D eigenvalue weighted by atomic mass is 10.0. The second-order valence-electron chi connectivity index (χ2n) is 4.56. The van der Waals surface area contributed by atoms with Crippen molar-refractivity contribution in [3.63, 3.8) is 0 Å². The maximum Gasteiger partial charge on any atom is 0.277 e. The van der Waals surface area contributed by atoms with E-state index in [2.05, 4.69) is 5.29 Å². The minimum absolute atomic E-state index is 0.00625. The Bertz CT molecular complexity index is 685. The van der Waals surface area contributed by atoms with Crippen molar-refractivity contribution in [1.82, 2.24) is 0 Å². The van der Waals surface area contributed by atoms with Gasteiger partial charge < -0.3 is 4.90 Å². The normalized spacial score (nSPS) is 10.3. The molecule has 0 bridgehead atoms. The van der Waals surface area contributed by atoms with Crippen LogP contribution in [0.2, 0.25) is 0 Å². The minimum Gasteiger partial charge on any atom is -0.377 e. The van der Waals surface area contributed by atoms with Crippen LogP contribution in [-0.4, -0.2) is 26.1 Å². The SMILES string of the molecule is CN(C)c1ccc([N+](=O)[O-])c2cccc(N(C)N=O)c12. The molecule has 0 unspecified atom stereocenters. The standard InChI is InChI=1S/C13H14N4O3/c1-15(2)11-8-7-10(17(19)20)9-5-4-6-12(13(9)11)16(3)14-18/h4-8H,1-3H3. The fourth-order valence-electron chi connectivity index (χ4n) is 2.20. The van der Waals surface area contributed by atoms with Crippen LogP contribution in [0.15, 0.2) is 35.6 Å². The van der Waals surface area contributed by atoms with E-state index in [-0.39, 0.29) is 5.69 Å². The number of nitro benzene ring substituents is 1. The maximum atomic E-state index is 11.1. The monoisotopic (exact) mass is 274 g/mol. The predicted octanol–water partition coefficient (Wildman–Crippen LogP) is 2.93. The lowest BCUT2D eigenvalue weighted by Gasteiger charge is -2.19. The predicted molar refractivity (Wildman–Crippen MR) is 79.1 cm³/mol. The highest BCUT2D eigenvalue weighted by atomic mass is 16.6. The third-order valence-electron chi connectivity index (χ3n) is 3.12. The number of hydrogen-bond donors (Lipinski definition) is 0. The van der Waals surface area contributed by atoms with E-state index < -0.39 is 4.92 Å². The summed E-state index contributed by atoms with van der Waals surface area (Å²) in [5.74, 6) is 0. The van der Waals surface area contributed by atoms with Crippen LogP contribution in [0, 0.1) is 15.0 Å². The number of anilines is 2. The van der Waals surface area contributed by atoms with E-state index in [0.717, 1.165) is 5.69 Å². The first-order valence-corrected chi connectivity index (χ1v) is 5.91. The number of nitroso groups, excluding NO2 is 1. The minimum atomic E-state index is -0.431. The van der Waals surface area contributed by atoms with Crippen molar-refractivity contribution in [1.29, 1.82) is 0 Å². The van der Waals surface area contributed by atoms with Gasteiger partial charge in [-0.25, -0.2) is 5.01 Å². The molecule has 0 aromatic heterocycles. The molecule has 2 aromatic rings. The van der Waals surface area contributed by atoms with Gasteiger partial charge in [0.25, 0.3) is 5.69 Å². The molecule has 0 radical (unpaired) electrons. The fraction of sp³-hybridized carbons (Fsp3) is 0.231. The molecular weight excluding hydrogens is 260 g/mol. The summed E-state index contributed by atoms with van der Waals surface area (Å²) in [5, 5.41) is 16.3. The molecule has 0 fully saturated rings. The molecule has 2 aromatic carbocycles. The van der Waals surface area contributed by atoms with Gasteiger partial charge in [-0.15, -0.1) is 4.91 Å². The summed E-state index contributed by atoms with van der Waals surface area (Å²) < 4.78 is 0.